The van der Waals surface area contributed by atoms with Crippen LogP contribution < -0.4 is 5.32 Å². The number of nitrogens with zero attached hydrogens (tertiary/aromatic N) is 1. The number of aromatic nitrogens is 1. The number of nitrogens with one attached hydrogen (secondary N) is 1. The third kappa shape index (κ3) is 5.74. The van der Waals surface area contributed by atoms with E-state index in [4.69, 9.17) is 0 Å². The van der Waals surface area contributed by atoms with Crippen LogP contribution in [0.1, 0.15) is 24.9 Å². The highest BCUT2D eigenvalue weighted by atomic mass is 32.2. The molecule has 0 saturated carbocycles. The van der Waals surface area contributed by atoms with E-state index in [-0.39, 0.29) is 17.6 Å². The number of hydrogen-bond donors (Lipinski definition) is 1. The first-order chi connectivity index (χ1) is 7.88. The molecule has 0 aliphatic heterocycles. The van der Waals surface area contributed by atoms with Gasteiger partial charge in [-0.25, -0.2) is 12.8 Å². The third-order valence-electron chi connectivity index (χ3n) is 2.37. The summed E-state index contributed by atoms with van der Waals surface area (Å²) in [6.07, 6.45) is 4.51. The number of halogens is 1. The Morgan fingerprint density at radius 1 is 1.47 bits per heavy atom. The average molecular weight is 260 g/mol. The lowest BCUT2D eigenvalue weighted by atomic mass is 10.1. The Morgan fingerprint density at radius 2 is 2.18 bits per heavy atom. The number of sulfone groups is 1. The predicted molar refractivity (Wildman–Crippen MR) is 64.9 cm³/mol. The summed E-state index contributed by atoms with van der Waals surface area (Å²) in [4.78, 5) is 3.76. The Morgan fingerprint density at radius 3 is 2.76 bits per heavy atom. The van der Waals surface area contributed by atoms with Crippen molar-refractivity contribution < 1.29 is 12.8 Å². The van der Waals surface area contributed by atoms with Crippen molar-refractivity contribution in [3.8, 4) is 0 Å². The molecule has 1 atom stereocenters. The van der Waals surface area contributed by atoms with Crippen molar-refractivity contribution in [2.75, 3.05) is 18.6 Å². The van der Waals surface area contributed by atoms with E-state index in [1.165, 1.54) is 12.3 Å². The van der Waals surface area contributed by atoms with Crippen LogP contribution in [0.2, 0.25) is 0 Å². The van der Waals surface area contributed by atoms with Crippen LogP contribution in [-0.2, 0) is 9.84 Å². The second kappa shape index (κ2) is 6.07. The van der Waals surface area contributed by atoms with Crippen LogP contribution in [0.15, 0.2) is 18.5 Å². The summed E-state index contributed by atoms with van der Waals surface area (Å²) in [6, 6.07) is 1.37. The van der Waals surface area contributed by atoms with Gasteiger partial charge < -0.3 is 5.32 Å². The Kier molecular flexibility index (Phi) is 5.02. The molecule has 96 valence electrons. The first kappa shape index (κ1) is 14.1. The van der Waals surface area contributed by atoms with Crippen molar-refractivity contribution in [2.24, 2.45) is 0 Å². The SMILES string of the molecule is CC(NCCCS(C)(=O)=O)c1cncc(F)c1. The molecular formula is C11H17FN2O2S. The highest BCUT2D eigenvalue weighted by molar-refractivity contribution is 7.90. The molecule has 1 aromatic rings. The van der Waals surface area contributed by atoms with E-state index in [1.807, 2.05) is 6.92 Å². The highest BCUT2D eigenvalue weighted by Crippen LogP contribution is 2.11. The lowest BCUT2D eigenvalue weighted by molar-refractivity contribution is 0.553. The van der Waals surface area contributed by atoms with Gasteiger partial charge >= 0.3 is 0 Å². The van der Waals surface area contributed by atoms with Crippen LogP contribution in [0.5, 0.6) is 0 Å². The second-order valence-electron chi connectivity index (χ2n) is 4.10. The van der Waals surface area contributed by atoms with Crippen LogP contribution in [0, 0.1) is 5.82 Å². The number of pyridine rings is 1. The summed E-state index contributed by atoms with van der Waals surface area (Å²) in [6.45, 7) is 2.46. The molecule has 1 rings (SSSR count). The first-order valence-corrected chi connectivity index (χ1v) is 7.46. The Bertz CT molecular complexity index is 462. The van der Waals surface area contributed by atoms with E-state index < -0.39 is 9.84 Å². The van der Waals surface area contributed by atoms with E-state index >= 15 is 0 Å². The molecule has 1 N–H and O–H groups in total. The average Bonchev–Trinajstić information content (AvgIpc) is 2.23. The van der Waals surface area contributed by atoms with Crippen LogP contribution in [0.25, 0.3) is 0 Å². The number of hydrogen-bond acceptors (Lipinski definition) is 4. The summed E-state index contributed by atoms with van der Waals surface area (Å²) in [5.41, 5.74) is 0.754. The van der Waals surface area contributed by atoms with Crippen molar-refractivity contribution in [3.05, 3.63) is 29.8 Å². The fraction of sp³-hybridized carbons (Fsp3) is 0.545. The second-order valence-corrected chi connectivity index (χ2v) is 6.36. The minimum atomic E-state index is -2.91. The zero-order valence-electron chi connectivity index (χ0n) is 9.98. The van der Waals surface area contributed by atoms with Gasteiger partial charge in [-0.15, -0.1) is 0 Å². The van der Waals surface area contributed by atoms with E-state index in [1.54, 1.807) is 6.20 Å². The monoisotopic (exact) mass is 260 g/mol. The van der Waals surface area contributed by atoms with Crippen molar-refractivity contribution in [1.82, 2.24) is 10.3 Å². The fourth-order valence-corrected chi connectivity index (χ4v) is 2.10. The Labute approximate surface area is 101 Å². The molecule has 0 saturated heterocycles. The zero-order valence-corrected chi connectivity index (χ0v) is 10.8. The molecule has 0 bridgehead atoms. The molecule has 0 aliphatic rings. The number of rotatable bonds is 6. The molecular weight excluding hydrogens is 243 g/mol. The molecule has 0 radical (unpaired) electrons. The zero-order chi connectivity index (χ0) is 12.9. The standard InChI is InChI=1S/C11H17FN2O2S/c1-9(10-6-11(12)8-13-7-10)14-4-3-5-17(2,15)16/h6-9,14H,3-5H2,1-2H3. The van der Waals surface area contributed by atoms with Crippen LogP contribution in [-0.4, -0.2) is 32.0 Å². The van der Waals surface area contributed by atoms with Crippen molar-refractivity contribution >= 4 is 9.84 Å². The van der Waals surface area contributed by atoms with Crippen molar-refractivity contribution in [3.63, 3.8) is 0 Å². The summed E-state index contributed by atoms with van der Waals surface area (Å²) in [5.74, 6) is -0.207. The van der Waals surface area contributed by atoms with Crippen molar-refractivity contribution in [1.29, 1.82) is 0 Å². The largest absolute Gasteiger partial charge is 0.310 e. The lowest BCUT2D eigenvalue weighted by Gasteiger charge is -2.13. The maximum atomic E-state index is 12.9. The van der Waals surface area contributed by atoms with Gasteiger partial charge in [0.25, 0.3) is 0 Å². The predicted octanol–water partition coefficient (Wildman–Crippen LogP) is 1.31. The molecule has 0 fully saturated rings. The van der Waals surface area contributed by atoms with Crippen molar-refractivity contribution in [2.45, 2.75) is 19.4 Å². The summed E-state index contributed by atoms with van der Waals surface area (Å²) in [5, 5.41) is 3.13. The first-order valence-electron chi connectivity index (χ1n) is 5.40. The molecule has 0 aromatic carbocycles. The van der Waals surface area contributed by atoms with Crippen LogP contribution >= 0.6 is 0 Å². The lowest BCUT2D eigenvalue weighted by Crippen LogP contribution is -2.22. The Hall–Kier alpha value is -1.01. The normalized spacial score (nSPS) is 13.6. The topological polar surface area (TPSA) is 59.1 Å². The van der Waals surface area contributed by atoms with Gasteiger partial charge in [-0.05, 0) is 31.5 Å². The fourth-order valence-electron chi connectivity index (χ4n) is 1.44. The van der Waals surface area contributed by atoms with Gasteiger partial charge in [0.1, 0.15) is 15.7 Å². The maximum absolute atomic E-state index is 12.9. The van der Waals surface area contributed by atoms with E-state index in [0.29, 0.717) is 13.0 Å². The van der Waals surface area contributed by atoms with Gasteiger partial charge in [-0.3, -0.25) is 4.98 Å². The van der Waals surface area contributed by atoms with Gasteiger partial charge in [-0.2, -0.15) is 0 Å². The quantitative estimate of drug-likeness (QED) is 0.783. The summed E-state index contributed by atoms with van der Waals surface area (Å²) >= 11 is 0. The molecule has 0 aliphatic carbocycles. The van der Waals surface area contributed by atoms with Gasteiger partial charge in [0, 0.05) is 18.5 Å². The molecule has 17 heavy (non-hydrogen) atoms. The van der Waals surface area contributed by atoms with Crippen LogP contribution in [0.3, 0.4) is 0 Å². The molecule has 4 nitrogen and oxygen atoms in total. The molecule has 0 amide bonds. The van der Waals surface area contributed by atoms with Gasteiger partial charge in [0.15, 0.2) is 0 Å². The molecule has 1 heterocycles. The van der Waals surface area contributed by atoms with E-state index in [9.17, 15) is 12.8 Å². The minimum Gasteiger partial charge on any atom is -0.310 e. The van der Waals surface area contributed by atoms with Gasteiger partial charge in [0.05, 0.1) is 11.9 Å². The summed E-state index contributed by atoms with van der Waals surface area (Å²) in [7, 11) is -2.91. The van der Waals surface area contributed by atoms with E-state index in [0.717, 1.165) is 11.8 Å². The van der Waals surface area contributed by atoms with Gasteiger partial charge in [0.2, 0.25) is 0 Å². The van der Waals surface area contributed by atoms with Crippen LogP contribution in [0.4, 0.5) is 4.39 Å². The maximum Gasteiger partial charge on any atom is 0.147 e. The van der Waals surface area contributed by atoms with E-state index in [2.05, 4.69) is 10.3 Å². The molecule has 1 unspecified atom stereocenters. The third-order valence-corrected chi connectivity index (χ3v) is 3.40. The highest BCUT2D eigenvalue weighted by Gasteiger charge is 2.07. The minimum absolute atomic E-state index is 0.0437. The molecule has 6 heteroatoms. The summed E-state index contributed by atoms with van der Waals surface area (Å²) < 4.78 is 34.7. The smallest absolute Gasteiger partial charge is 0.147 e. The molecule has 0 spiro atoms. The van der Waals surface area contributed by atoms with Gasteiger partial charge in [-0.1, -0.05) is 0 Å². The molecule has 1 aromatic heterocycles. The Balaban J connectivity index is 2.38.